The summed E-state index contributed by atoms with van der Waals surface area (Å²) in [6, 6.07) is 0. The van der Waals surface area contributed by atoms with Gasteiger partial charge in [-0.25, -0.2) is 0 Å². The zero-order chi connectivity index (χ0) is 7.28. The lowest BCUT2D eigenvalue weighted by atomic mass is 10.2. The van der Waals surface area contributed by atoms with Gasteiger partial charge in [0.05, 0.1) is 0 Å². The van der Waals surface area contributed by atoms with E-state index in [9.17, 15) is 0 Å². The second-order valence-corrected chi connectivity index (χ2v) is 3.10. The average Bonchev–Trinajstić information content (AvgIpc) is 1.82. The Hall–Kier alpha value is -0.300. The Labute approximate surface area is 65.1 Å². The first-order valence-electron chi connectivity index (χ1n) is 2.81. The zero-order valence-electron chi connectivity index (χ0n) is 5.60. The summed E-state index contributed by atoms with van der Waals surface area (Å²) in [4.78, 5) is 0.369. The highest BCUT2D eigenvalue weighted by atomic mass is 79.9. The SMILES string of the molecule is C=C/C=C(\C=C)C(C)Br. The quantitative estimate of drug-likeness (QED) is 0.470. The molecule has 0 heterocycles. The molecule has 0 amide bonds. The monoisotopic (exact) mass is 186 g/mol. The van der Waals surface area contributed by atoms with Crippen LogP contribution in [0.5, 0.6) is 0 Å². The highest BCUT2D eigenvalue weighted by Crippen LogP contribution is 2.11. The van der Waals surface area contributed by atoms with Gasteiger partial charge in [-0.3, -0.25) is 0 Å². The van der Waals surface area contributed by atoms with Crippen LogP contribution in [0.4, 0.5) is 0 Å². The van der Waals surface area contributed by atoms with Crippen LogP contribution in [-0.4, -0.2) is 4.83 Å². The number of rotatable bonds is 3. The highest BCUT2D eigenvalue weighted by molar-refractivity contribution is 9.09. The first-order chi connectivity index (χ1) is 4.22. The van der Waals surface area contributed by atoms with Gasteiger partial charge in [-0.1, -0.05) is 47.3 Å². The fourth-order valence-electron chi connectivity index (χ4n) is 0.499. The summed E-state index contributed by atoms with van der Waals surface area (Å²) < 4.78 is 0. The van der Waals surface area contributed by atoms with Crippen LogP contribution in [0.3, 0.4) is 0 Å². The topological polar surface area (TPSA) is 0 Å². The molecule has 0 bridgehead atoms. The third kappa shape index (κ3) is 3.31. The second kappa shape index (κ2) is 4.57. The van der Waals surface area contributed by atoms with E-state index in [-0.39, 0.29) is 0 Å². The van der Waals surface area contributed by atoms with Crippen molar-refractivity contribution in [1.82, 2.24) is 0 Å². The Bertz CT molecular complexity index is 132. The van der Waals surface area contributed by atoms with Crippen molar-refractivity contribution in [2.75, 3.05) is 0 Å². The van der Waals surface area contributed by atoms with Gasteiger partial charge in [0.15, 0.2) is 0 Å². The van der Waals surface area contributed by atoms with E-state index in [0.29, 0.717) is 4.83 Å². The molecular formula is C8H11Br. The normalized spacial score (nSPS) is 14.7. The van der Waals surface area contributed by atoms with Crippen LogP contribution in [0.25, 0.3) is 0 Å². The van der Waals surface area contributed by atoms with E-state index in [4.69, 9.17) is 0 Å². The van der Waals surface area contributed by atoms with Crippen molar-refractivity contribution in [2.24, 2.45) is 0 Å². The Morgan fingerprint density at radius 1 is 1.56 bits per heavy atom. The van der Waals surface area contributed by atoms with Gasteiger partial charge in [0.1, 0.15) is 0 Å². The molecule has 0 saturated carbocycles. The molecule has 0 aromatic heterocycles. The molecule has 0 spiro atoms. The van der Waals surface area contributed by atoms with Crippen LogP contribution in [-0.2, 0) is 0 Å². The van der Waals surface area contributed by atoms with Gasteiger partial charge in [0, 0.05) is 4.83 Å². The fraction of sp³-hybridized carbons (Fsp3) is 0.250. The summed E-state index contributed by atoms with van der Waals surface area (Å²) in [5.41, 5.74) is 1.16. The van der Waals surface area contributed by atoms with E-state index in [1.807, 2.05) is 12.2 Å². The van der Waals surface area contributed by atoms with E-state index in [1.165, 1.54) is 0 Å². The van der Waals surface area contributed by atoms with E-state index in [0.717, 1.165) is 5.57 Å². The molecule has 0 saturated heterocycles. The molecule has 1 unspecified atom stereocenters. The highest BCUT2D eigenvalue weighted by Gasteiger charge is 1.96. The molecule has 0 aliphatic carbocycles. The molecule has 1 heteroatoms. The summed E-state index contributed by atoms with van der Waals surface area (Å²) in [6.45, 7) is 9.29. The van der Waals surface area contributed by atoms with Gasteiger partial charge >= 0.3 is 0 Å². The summed E-state index contributed by atoms with van der Waals surface area (Å²) in [5, 5.41) is 0. The summed E-state index contributed by atoms with van der Waals surface area (Å²) in [7, 11) is 0. The third-order valence-electron chi connectivity index (χ3n) is 1.01. The van der Waals surface area contributed by atoms with Gasteiger partial charge < -0.3 is 0 Å². The van der Waals surface area contributed by atoms with Crippen LogP contribution in [0.15, 0.2) is 37.0 Å². The number of allylic oxidation sites excluding steroid dienone is 4. The maximum Gasteiger partial charge on any atom is 0.0366 e. The van der Waals surface area contributed by atoms with Gasteiger partial charge in [0.25, 0.3) is 0 Å². The number of hydrogen-bond acceptors (Lipinski definition) is 0. The molecule has 0 aliphatic heterocycles. The summed E-state index contributed by atoms with van der Waals surface area (Å²) in [5.74, 6) is 0. The molecule has 0 aromatic rings. The molecular weight excluding hydrogens is 176 g/mol. The molecule has 0 rings (SSSR count). The van der Waals surface area contributed by atoms with Gasteiger partial charge in [-0.05, 0) is 12.5 Å². The van der Waals surface area contributed by atoms with E-state index >= 15 is 0 Å². The molecule has 0 fully saturated rings. The second-order valence-electron chi connectivity index (χ2n) is 1.72. The first-order valence-corrected chi connectivity index (χ1v) is 3.73. The molecule has 0 aromatic carbocycles. The lowest BCUT2D eigenvalue weighted by molar-refractivity contribution is 1.20. The van der Waals surface area contributed by atoms with Crippen molar-refractivity contribution in [2.45, 2.75) is 11.8 Å². The maximum atomic E-state index is 3.65. The zero-order valence-corrected chi connectivity index (χ0v) is 7.19. The van der Waals surface area contributed by atoms with Crippen LogP contribution in [0.1, 0.15) is 6.92 Å². The lowest BCUT2D eigenvalue weighted by Crippen LogP contribution is -1.90. The Morgan fingerprint density at radius 2 is 2.11 bits per heavy atom. The number of halogens is 1. The van der Waals surface area contributed by atoms with E-state index in [1.54, 1.807) is 6.08 Å². The van der Waals surface area contributed by atoms with Crippen molar-refractivity contribution in [3.63, 3.8) is 0 Å². The van der Waals surface area contributed by atoms with E-state index < -0.39 is 0 Å². The van der Waals surface area contributed by atoms with Crippen molar-refractivity contribution in [3.8, 4) is 0 Å². The predicted molar refractivity (Wildman–Crippen MR) is 46.9 cm³/mol. The molecule has 1 atom stereocenters. The van der Waals surface area contributed by atoms with Crippen LogP contribution >= 0.6 is 15.9 Å². The molecule has 0 radical (unpaired) electrons. The molecule has 0 nitrogen and oxygen atoms in total. The van der Waals surface area contributed by atoms with Gasteiger partial charge in [-0.2, -0.15) is 0 Å². The minimum Gasteiger partial charge on any atom is -0.0991 e. The minimum atomic E-state index is 0.369. The number of alkyl halides is 1. The Balaban J connectivity index is 4.13. The van der Waals surface area contributed by atoms with Gasteiger partial charge in [-0.15, -0.1) is 0 Å². The van der Waals surface area contributed by atoms with Crippen LogP contribution in [0.2, 0.25) is 0 Å². The number of hydrogen-bond donors (Lipinski definition) is 0. The van der Waals surface area contributed by atoms with E-state index in [2.05, 4.69) is 36.0 Å². The average molecular weight is 187 g/mol. The molecule has 0 aliphatic rings. The maximum absolute atomic E-state index is 3.65. The van der Waals surface area contributed by atoms with Crippen molar-refractivity contribution in [1.29, 1.82) is 0 Å². The van der Waals surface area contributed by atoms with Crippen molar-refractivity contribution in [3.05, 3.63) is 37.0 Å². The Morgan fingerprint density at radius 3 is 2.22 bits per heavy atom. The molecule has 0 N–H and O–H groups in total. The standard InChI is InChI=1S/C8H11Br/c1-4-6-8(5-2)7(3)9/h4-7H,1-2H2,3H3/b8-6+. The third-order valence-corrected chi connectivity index (χ3v) is 1.53. The molecule has 9 heavy (non-hydrogen) atoms. The van der Waals surface area contributed by atoms with Gasteiger partial charge in [0.2, 0.25) is 0 Å². The molecule has 50 valence electrons. The summed E-state index contributed by atoms with van der Waals surface area (Å²) in [6.07, 6.45) is 5.52. The first kappa shape index (κ1) is 8.70. The van der Waals surface area contributed by atoms with Crippen LogP contribution in [0, 0.1) is 0 Å². The van der Waals surface area contributed by atoms with Crippen molar-refractivity contribution >= 4 is 15.9 Å². The smallest absolute Gasteiger partial charge is 0.0366 e. The van der Waals surface area contributed by atoms with Crippen LogP contribution < -0.4 is 0 Å². The lowest BCUT2D eigenvalue weighted by Gasteiger charge is -2.00. The summed E-state index contributed by atoms with van der Waals surface area (Å²) >= 11 is 3.41. The Kier molecular flexibility index (Phi) is 4.41. The predicted octanol–water partition coefficient (Wildman–Crippen LogP) is 3.07. The largest absolute Gasteiger partial charge is 0.0991 e. The van der Waals surface area contributed by atoms with Crippen molar-refractivity contribution < 1.29 is 0 Å². The fourth-order valence-corrected chi connectivity index (χ4v) is 0.839. The minimum absolute atomic E-state index is 0.369.